The van der Waals surface area contributed by atoms with Crippen molar-refractivity contribution >= 4 is 54.6 Å². The molecule has 0 saturated heterocycles. The Morgan fingerprint density at radius 1 is 0.438 bits per heavy atom. The maximum atomic E-state index is 5.26. The van der Waals surface area contributed by atoms with Crippen molar-refractivity contribution in [2.24, 2.45) is 0 Å². The maximum Gasteiger partial charge on any atom is 0.165 e. The van der Waals surface area contributed by atoms with Gasteiger partial charge in [-0.15, -0.1) is 0 Å². The van der Waals surface area contributed by atoms with E-state index < -0.39 is 0 Å². The monoisotopic (exact) mass is 611 g/mol. The van der Waals surface area contributed by atoms with Crippen LogP contribution in [0.15, 0.2) is 152 Å². The minimum Gasteiger partial charge on any atom is -0.309 e. The molecule has 1 aliphatic heterocycles. The molecular weight excluding hydrogens is 587 g/mol. The Morgan fingerprint density at radius 2 is 1.15 bits per heavy atom. The first kappa shape index (κ1) is 25.6. The zero-order valence-corrected chi connectivity index (χ0v) is 25.7. The Kier molecular flexibility index (Phi) is 5.05. The summed E-state index contributed by atoms with van der Waals surface area (Å²) in [7, 11) is 0. The van der Waals surface area contributed by atoms with Crippen LogP contribution >= 0.6 is 0 Å². The van der Waals surface area contributed by atoms with E-state index in [1.54, 1.807) is 0 Å². The predicted molar refractivity (Wildman–Crippen MR) is 196 cm³/mol. The minimum absolute atomic E-state index is 0.829. The molecule has 0 aliphatic carbocycles. The molecule has 0 atom stereocenters. The highest BCUT2D eigenvalue weighted by atomic mass is 15.1. The Morgan fingerprint density at radius 3 is 2.04 bits per heavy atom. The first-order valence-electron chi connectivity index (χ1n) is 16.2. The second-order valence-electron chi connectivity index (χ2n) is 12.5. The Hall–Kier alpha value is -6.59. The number of pyridine rings is 1. The van der Waals surface area contributed by atoms with Crippen molar-refractivity contribution < 1.29 is 0 Å². The van der Waals surface area contributed by atoms with E-state index in [2.05, 4.69) is 129 Å². The van der Waals surface area contributed by atoms with Crippen LogP contribution in [0.25, 0.3) is 99.7 Å². The van der Waals surface area contributed by atoms with Gasteiger partial charge >= 0.3 is 0 Å². The number of para-hydroxylation sites is 4. The van der Waals surface area contributed by atoms with Crippen LogP contribution in [0, 0.1) is 0 Å². The summed E-state index contributed by atoms with van der Waals surface area (Å²) in [6, 6.07) is 49.8. The molecule has 10 aromatic rings. The average Bonchev–Trinajstić information content (AvgIpc) is 3.63. The van der Waals surface area contributed by atoms with Crippen molar-refractivity contribution in [3.8, 4) is 45.0 Å². The van der Waals surface area contributed by atoms with Crippen molar-refractivity contribution in [2.75, 3.05) is 0 Å². The van der Waals surface area contributed by atoms with E-state index in [9.17, 15) is 0 Å². The zero-order chi connectivity index (χ0) is 31.3. The summed E-state index contributed by atoms with van der Waals surface area (Å²) in [5.74, 6) is 0.829. The van der Waals surface area contributed by atoms with Crippen molar-refractivity contribution in [3.63, 3.8) is 0 Å². The molecule has 5 heterocycles. The van der Waals surface area contributed by atoms with Gasteiger partial charge in [0.25, 0.3) is 0 Å². The quantitative estimate of drug-likeness (QED) is 0.195. The third kappa shape index (κ3) is 3.42. The zero-order valence-electron chi connectivity index (χ0n) is 25.7. The van der Waals surface area contributed by atoms with Crippen molar-refractivity contribution in [1.82, 2.24) is 24.1 Å². The third-order valence-electron chi connectivity index (χ3n) is 9.92. The Balaban J connectivity index is 1.24. The SMILES string of the molecule is c1ccc(-n2c3ccccc3c3cc(-c4cc5c6c(c4)c4ccncc4n6-c4nc6ccccc6nc4-c4ccccc4-5)ccc32)cc1. The van der Waals surface area contributed by atoms with E-state index in [4.69, 9.17) is 9.97 Å². The lowest BCUT2D eigenvalue weighted by atomic mass is 9.92. The van der Waals surface area contributed by atoms with Crippen LogP contribution in [-0.2, 0) is 0 Å². The van der Waals surface area contributed by atoms with Crippen molar-refractivity contribution in [2.45, 2.75) is 0 Å². The highest BCUT2D eigenvalue weighted by molar-refractivity contribution is 6.18. The summed E-state index contributed by atoms with van der Waals surface area (Å²) >= 11 is 0. The van der Waals surface area contributed by atoms with Gasteiger partial charge in [-0.3, -0.25) is 9.55 Å². The molecule has 11 rings (SSSR count). The molecular formula is C43H25N5. The predicted octanol–water partition coefficient (Wildman–Crippen LogP) is 10.5. The molecule has 0 radical (unpaired) electrons. The van der Waals surface area contributed by atoms with Gasteiger partial charge in [-0.25, -0.2) is 9.97 Å². The lowest BCUT2D eigenvalue weighted by molar-refractivity contribution is 1.08. The lowest BCUT2D eigenvalue weighted by Crippen LogP contribution is -2.02. The van der Waals surface area contributed by atoms with Gasteiger partial charge in [-0.2, -0.15) is 0 Å². The topological polar surface area (TPSA) is 48.5 Å². The molecule has 0 saturated carbocycles. The number of hydrogen-bond donors (Lipinski definition) is 0. The Bertz CT molecular complexity index is 2950. The van der Waals surface area contributed by atoms with Crippen LogP contribution in [0.1, 0.15) is 0 Å². The van der Waals surface area contributed by atoms with Crippen LogP contribution in [-0.4, -0.2) is 24.1 Å². The van der Waals surface area contributed by atoms with Gasteiger partial charge in [-0.05, 0) is 77.4 Å². The molecule has 0 amide bonds. The van der Waals surface area contributed by atoms with E-state index in [0.717, 1.165) is 61.3 Å². The standard InChI is InChI=1S/C43H25N5/c1-2-10-28(11-3-1)47-38-17-9-6-13-30(38)33-22-26(18-19-39(33)47)27-23-34-29-12-4-5-14-32(29)41-43(46-37-16-8-7-15-36(37)45-41)48-40-25-44-21-20-31(40)35(24-27)42(34)48/h1-25H. The van der Waals surface area contributed by atoms with Gasteiger partial charge in [-0.1, -0.05) is 78.9 Å². The summed E-state index contributed by atoms with van der Waals surface area (Å²) in [4.78, 5) is 15.1. The summed E-state index contributed by atoms with van der Waals surface area (Å²) in [5.41, 5.74) is 14.0. The molecule has 0 fully saturated rings. The number of nitrogens with zero attached hydrogens (tertiary/aromatic N) is 5. The molecule has 222 valence electrons. The summed E-state index contributed by atoms with van der Waals surface area (Å²) in [5, 5.41) is 4.79. The van der Waals surface area contributed by atoms with Crippen molar-refractivity contribution in [3.05, 3.63) is 152 Å². The molecule has 0 spiro atoms. The number of aromatic nitrogens is 5. The van der Waals surface area contributed by atoms with Crippen LogP contribution in [0.5, 0.6) is 0 Å². The van der Waals surface area contributed by atoms with Gasteiger partial charge in [0.2, 0.25) is 0 Å². The van der Waals surface area contributed by atoms with Gasteiger partial charge in [0.1, 0.15) is 5.69 Å². The molecule has 1 aliphatic rings. The number of fused-ring (bicyclic) bond motifs is 12. The first-order chi connectivity index (χ1) is 23.8. The fraction of sp³-hybridized carbons (Fsp3) is 0. The summed E-state index contributed by atoms with van der Waals surface area (Å²) < 4.78 is 4.64. The fourth-order valence-corrected chi connectivity index (χ4v) is 7.84. The van der Waals surface area contributed by atoms with E-state index in [1.165, 1.54) is 38.3 Å². The van der Waals surface area contributed by atoms with E-state index in [-0.39, 0.29) is 0 Å². The highest BCUT2D eigenvalue weighted by Gasteiger charge is 2.27. The average molecular weight is 612 g/mol. The molecule has 6 aromatic carbocycles. The first-order valence-corrected chi connectivity index (χ1v) is 16.2. The summed E-state index contributed by atoms with van der Waals surface area (Å²) in [6.45, 7) is 0. The van der Waals surface area contributed by atoms with Crippen molar-refractivity contribution in [1.29, 1.82) is 0 Å². The Labute approximate surface area is 275 Å². The van der Waals surface area contributed by atoms with Gasteiger partial charge < -0.3 is 4.57 Å². The number of hydrogen-bond acceptors (Lipinski definition) is 3. The number of rotatable bonds is 2. The van der Waals surface area contributed by atoms with Crippen LogP contribution in [0.2, 0.25) is 0 Å². The normalized spacial score (nSPS) is 12.2. The molecule has 4 aromatic heterocycles. The summed E-state index contributed by atoms with van der Waals surface area (Å²) in [6.07, 6.45) is 3.84. The van der Waals surface area contributed by atoms with E-state index >= 15 is 0 Å². The fourth-order valence-electron chi connectivity index (χ4n) is 7.84. The molecule has 0 bridgehead atoms. The molecule has 5 nitrogen and oxygen atoms in total. The van der Waals surface area contributed by atoms with E-state index in [0.29, 0.717) is 0 Å². The second kappa shape index (κ2) is 9.47. The second-order valence-corrected chi connectivity index (χ2v) is 12.5. The lowest BCUT2D eigenvalue weighted by Gasteiger charge is -2.12. The van der Waals surface area contributed by atoms with Gasteiger partial charge in [0, 0.05) is 44.6 Å². The largest absolute Gasteiger partial charge is 0.309 e. The molecule has 48 heavy (non-hydrogen) atoms. The minimum atomic E-state index is 0.829. The third-order valence-corrected chi connectivity index (χ3v) is 9.92. The van der Waals surface area contributed by atoms with Gasteiger partial charge in [0.15, 0.2) is 5.82 Å². The number of benzene rings is 6. The van der Waals surface area contributed by atoms with E-state index in [1.807, 2.05) is 36.7 Å². The van der Waals surface area contributed by atoms with Crippen LogP contribution < -0.4 is 0 Å². The van der Waals surface area contributed by atoms with Crippen LogP contribution in [0.4, 0.5) is 0 Å². The molecule has 0 N–H and O–H groups in total. The molecule has 0 unspecified atom stereocenters. The molecule has 5 heteroatoms. The smallest absolute Gasteiger partial charge is 0.165 e. The highest BCUT2D eigenvalue weighted by Crippen LogP contribution is 2.47. The van der Waals surface area contributed by atoms with Crippen LogP contribution in [0.3, 0.4) is 0 Å². The van der Waals surface area contributed by atoms with Gasteiger partial charge in [0.05, 0.1) is 39.3 Å². The maximum absolute atomic E-state index is 5.26.